The topological polar surface area (TPSA) is 40.5 Å². The van der Waals surface area contributed by atoms with E-state index in [0.717, 1.165) is 29.5 Å². The Labute approximate surface area is 107 Å². The van der Waals surface area contributed by atoms with E-state index < -0.39 is 5.60 Å². The molecular weight excluding hydrogens is 226 g/mol. The zero-order chi connectivity index (χ0) is 12.9. The fourth-order valence-electron chi connectivity index (χ4n) is 2.95. The molecule has 1 aromatic carbocycles. The second kappa shape index (κ2) is 3.82. The first-order valence-corrected chi connectivity index (χ1v) is 6.59. The summed E-state index contributed by atoms with van der Waals surface area (Å²) in [4.78, 5) is 14.2. The third kappa shape index (κ3) is 1.74. The van der Waals surface area contributed by atoms with Gasteiger partial charge in [0, 0.05) is 5.56 Å². The van der Waals surface area contributed by atoms with Gasteiger partial charge >= 0.3 is 0 Å². The Bertz CT molecular complexity index is 479. The summed E-state index contributed by atoms with van der Waals surface area (Å²) in [6.45, 7) is 4.94. The van der Waals surface area contributed by atoms with Gasteiger partial charge in [0.15, 0.2) is 0 Å². The average molecular weight is 245 g/mol. The van der Waals surface area contributed by atoms with Crippen LogP contribution >= 0.6 is 0 Å². The van der Waals surface area contributed by atoms with Gasteiger partial charge in [0.25, 0.3) is 5.91 Å². The summed E-state index contributed by atoms with van der Waals surface area (Å²) in [6.07, 6.45) is 2.23. The largest absolute Gasteiger partial charge is 0.386 e. The highest BCUT2D eigenvalue weighted by Gasteiger charge is 2.53. The third-order valence-electron chi connectivity index (χ3n) is 4.25. The van der Waals surface area contributed by atoms with Crippen molar-refractivity contribution in [3.05, 3.63) is 34.9 Å². The van der Waals surface area contributed by atoms with Crippen LogP contribution in [0.3, 0.4) is 0 Å². The van der Waals surface area contributed by atoms with Crippen LogP contribution in [-0.4, -0.2) is 34.6 Å². The van der Waals surface area contributed by atoms with Crippen LogP contribution in [0, 0.1) is 19.8 Å². The van der Waals surface area contributed by atoms with Crippen LogP contribution in [0.5, 0.6) is 0 Å². The Morgan fingerprint density at radius 1 is 1.28 bits per heavy atom. The van der Waals surface area contributed by atoms with Crippen molar-refractivity contribution in [3.8, 4) is 0 Å². The fourth-order valence-corrected chi connectivity index (χ4v) is 2.95. The second-order valence-electron chi connectivity index (χ2n) is 5.81. The average Bonchev–Trinajstić information content (AvgIpc) is 3.08. The predicted molar refractivity (Wildman–Crippen MR) is 69.5 cm³/mol. The molecule has 0 spiro atoms. The number of hydrogen-bond donors (Lipinski definition) is 1. The molecule has 3 heteroatoms. The number of aliphatic hydroxyl groups is 1. The molecule has 1 saturated carbocycles. The van der Waals surface area contributed by atoms with E-state index in [1.54, 1.807) is 4.90 Å². The van der Waals surface area contributed by atoms with Crippen LogP contribution in [0.1, 0.15) is 34.3 Å². The van der Waals surface area contributed by atoms with Crippen molar-refractivity contribution in [2.75, 3.05) is 13.1 Å². The molecule has 3 rings (SSSR count). The van der Waals surface area contributed by atoms with E-state index in [1.165, 1.54) is 0 Å². The van der Waals surface area contributed by atoms with E-state index in [4.69, 9.17) is 0 Å². The van der Waals surface area contributed by atoms with E-state index in [-0.39, 0.29) is 5.91 Å². The van der Waals surface area contributed by atoms with Crippen molar-refractivity contribution in [1.82, 2.24) is 4.90 Å². The van der Waals surface area contributed by atoms with E-state index in [2.05, 4.69) is 0 Å². The van der Waals surface area contributed by atoms with E-state index in [9.17, 15) is 9.90 Å². The number of carbonyl (C=O) groups excluding carboxylic acids is 1. The summed E-state index contributed by atoms with van der Waals surface area (Å²) in [7, 11) is 0. The maximum atomic E-state index is 12.4. The molecule has 0 atom stereocenters. The van der Waals surface area contributed by atoms with Crippen molar-refractivity contribution < 1.29 is 9.90 Å². The van der Waals surface area contributed by atoms with Gasteiger partial charge < -0.3 is 10.0 Å². The van der Waals surface area contributed by atoms with Crippen molar-refractivity contribution in [2.24, 2.45) is 5.92 Å². The number of rotatable bonds is 2. The van der Waals surface area contributed by atoms with Crippen molar-refractivity contribution in [1.29, 1.82) is 0 Å². The molecule has 0 unspecified atom stereocenters. The summed E-state index contributed by atoms with van der Waals surface area (Å²) in [5.74, 6) is 0.496. The van der Waals surface area contributed by atoms with Gasteiger partial charge in [0.1, 0.15) is 5.60 Å². The zero-order valence-corrected chi connectivity index (χ0v) is 10.9. The quantitative estimate of drug-likeness (QED) is 0.864. The Hall–Kier alpha value is -1.35. The number of carbonyl (C=O) groups is 1. The molecule has 0 aromatic heterocycles. The number of amides is 1. The standard InChI is InChI=1S/C15H19NO2/c1-10-4-3-5-11(2)13(10)14(17)16-8-15(18,9-16)12-6-7-12/h3-5,12,18H,6-9H2,1-2H3. The van der Waals surface area contributed by atoms with Gasteiger partial charge in [-0.05, 0) is 43.7 Å². The number of aryl methyl sites for hydroxylation is 2. The molecule has 96 valence electrons. The molecule has 2 aliphatic rings. The second-order valence-corrected chi connectivity index (χ2v) is 5.81. The van der Waals surface area contributed by atoms with Gasteiger partial charge in [-0.1, -0.05) is 18.2 Å². The summed E-state index contributed by atoms with van der Waals surface area (Å²) in [6, 6.07) is 5.90. The maximum Gasteiger partial charge on any atom is 0.254 e. The van der Waals surface area contributed by atoms with Gasteiger partial charge in [0.05, 0.1) is 13.1 Å². The van der Waals surface area contributed by atoms with Crippen LogP contribution in [0.15, 0.2) is 18.2 Å². The van der Waals surface area contributed by atoms with Crippen LogP contribution in [0.25, 0.3) is 0 Å². The summed E-state index contributed by atoms with van der Waals surface area (Å²) < 4.78 is 0. The Morgan fingerprint density at radius 3 is 2.33 bits per heavy atom. The number of hydrogen-bond acceptors (Lipinski definition) is 2. The first-order valence-electron chi connectivity index (χ1n) is 6.59. The number of β-amino-alcohol motifs (C(OH)–C–C–N with tert-alkyl or cyclic N) is 1. The lowest BCUT2D eigenvalue weighted by molar-refractivity contribution is -0.0958. The molecule has 0 radical (unpaired) electrons. The molecule has 1 amide bonds. The van der Waals surface area contributed by atoms with Crippen molar-refractivity contribution in [3.63, 3.8) is 0 Å². The summed E-state index contributed by atoms with van der Waals surface area (Å²) in [5, 5.41) is 10.3. The number of nitrogens with zero attached hydrogens (tertiary/aromatic N) is 1. The minimum Gasteiger partial charge on any atom is -0.386 e. The Kier molecular flexibility index (Phi) is 2.49. The van der Waals surface area contributed by atoms with Crippen molar-refractivity contribution >= 4 is 5.91 Å². The molecule has 1 aliphatic heterocycles. The molecule has 3 nitrogen and oxygen atoms in total. The van der Waals surface area contributed by atoms with Gasteiger partial charge in [0.2, 0.25) is 0 Å². The molecule has 0 bridgehead atoms. The van der Waals surface area contributed by atoms with Crippen LogP contribution < -0.4 is 0 Å². The lowest BCUT2D eigenvalue weighted by Gasteiger charge is -2.47. The maximum absolute atomic E-state index is 12.4. The van der Waals surface area contributed by atoms with Crippen LogP contribution in [0.2, 0.25) is 0 Å². The van der Waals surface area contributed by atoms with E-state index in [1.807, 2.05) is 32.0 Å². The number of benzene rings is 1. The van der Waals surface area contributed by atoms with Crippen molar-refractivity contribution in [2.45, 2.75) is 32.3 Å². The number of likely N-dealkylation sites (tertiary alicyclic amines) is 1. The molecule has 1 aromatic rings. The molecule has 2 fully saturated rings. The summed E-state index contributed by atoms with van der Waals surface area (Å²) >= 11 is 0. The third-order valence-corrected chi connectivity index (χ3v) is 4.25. The van der Waals surface area contributed by atoms with Gasteiger partial charge in [-0.25, -0.2) is 0 Å². The lowest BCUT2D eigenvalue weighted by atomic mass is 9.87. The normalized spacial score (nSPS) is 21.6. The lowest BCUT2D eigenvalue weighted by Crippen LogP contribution is -2.64. The molecule has 1 saturated heterocycles. The van der Waals surface area contributed by atoms with Gasteiger partial charge in [-0.15, -0.1) is 0 Å². The Morgan fingerprint density at radius 2 is 1.83 bits per heavy atom. The van der Waals surface area contributed by atoms with E-state index in [0.29, 0.717) is 19.0 Å². The van der Waals surface area contributed by atoms with E-state index >= 15 is 0 Å². The highest BCUT2D eigenvalue weighted by atomic mass is 16.3. The summed E-state index contributed by atoms with van der Waals surface area (Å²) in [5.41, 5.74) is 2.24. The van der Waals surface area contributed by atoms with Gasteiger partial charge in [-0.2, -0.15) is 0 Å². The molecular formula is C15H19NO2. The smallest absolute Gasteiger partial charge is 0.254 e. The minimum atomic E-state index is -0.591. The van der Waals surface area contributed by atoms with Gasteiger partial charge in [-0.3, -0.25) is 4.79 Å². The highest BCUT2D eigenvalue weighted by Crippen LogP contribution is 2.44. The first kappa shape index (κ1) is 11.7. The highest BCUT2D eigenvalue weighted by molar-refractivity contribution is 5.97. The minimum absolute atomic E-state index is 0.0657. The first-order chi connectivity index (χ1) is 8.51. The predicted octanol–water partition coefficient (Wildman–Crippen LogP) is 1.90. The van der Waals surface area contributed by atoms with Crippen LogP contribution in [-0.2, 0) is 0 Å². The Balaban J connectivity index is 1.76. The molecule has 1 heterocycles. The molecule has 1 aliphatic carbocycles. The molecule has 1 N–H and O–H groups in total. The fraction of sp³-hybridized carbons (Fsp3) is 0.533. The van der Waals surface area contributed by atoms with Crippen LogP contribution in [0.4, 0.5) is 0 Å². The molecule has 18 heavy (non-hydrogen) atoms. The monoisotopic (exact) mass is 245 g/mol. The zero-order valence-electron chi connectivity index (χ0n) is 10.9. The SMILES string of the molecule is Cc1cccc(C)c1C(=O)N1CC(O)(C2CC2)C1.